The predicted molar refractivity (Wildman–Crippen MR) is 106 cm³/mol. The lowest BCUT2D eigenvalue weighted by Gasteiger charge is -2.12. The number of aryl methyl sites for hydroxylation is 1. The minimum absolute atomic E-state index is 0.120. The summed E-state index contributed by atoms with van der Waals surface area (Å²) < 4.78 is 0. The molecule has 4 aromatic rings. The molecule has 1 aromatic heterocycles. The molecule has 0 unspecified atom stereocenters. The molecule has 3 aromatic carbocycles. The number of benzene rings is 3. The molecule has 0 aliphatic heterocycles. The van der Waals surface area contributed by atoms with E-state index in [0.717, 1.165) is 16.7 Å². The van der Waals surface area contributed by atoms with Gasteiger partial charge in [-0.15, -0.1) is 0 Å². The quantitative estimate of drug-likeness (QED) is 0.524. The molecule has 4 rings (SSSR count). The van der Waals surface area contributed by atoms with Gasteiger partial charge in [0.2, 0.25) is 0 Å². The Hall–Kier alpha value is -3.66. The summed E-state index contributed by atoms with van der Waals surface area (Å²) in [5.74, 6) is -1.49. The second-order valence-electron chi connectivity index (χ2n) is 6.40. The maximum Gasteiger partial charge on any atom is 0.340 e. The maximum absolute atomic E-state index is 11.8. The molecule has 0 amide bonds. The summed E-state index contributed by atoms with van der Waals surface area (Å²) in [6.07, 6.45) is 0. The Kier molecular flexibility index (Phi) is 4.09. The van der Waals surface area contributed by atoms with Gasteiger partial charge in [-0.1, -0.05) is 72.8 Å². The zero-order valence-electron chi connectivity index (χ0n) is 14.7. The van der Waals surface area contributed by atoms with Crippen LogP contribution in [0.2, 0.25) is 0 Å². The van der Waals surface area contributed by atoms with Gasteiger partial charge in [-0.2, -0.15) is 0 Å². The standard InChI is InChI=1S/C23H17NO3/c1-14-6-5-9-18-19(23(26)27)22(25)21(24-20(14)18)17-12-10-16(11-13-17)15-7-3-2-4-8-15/h2-13,25H,1H3,(H,26,27). The fourth-order valence-electron chi connectivity index (χ4n) is 3.29. The average Bonchev–Trinajstić information content (AvgIpc) is 2.68. The van der Waals surface area contributed by atoms with Crippen LogP contribution >= 0.6 is 0 Å². The van der Waals surface area contributed by atoms with E-state index in [2.05, 4.69) is 4.98 Å². The van der Waals surface area contributed by atoms with Gasteiger partial charge in [0.25, 0.3) is 0 Å². The van der Waals surface area contributed by atoms with Crippen molar-refractivity contribution in [3.8, 4) is 28.1 Å². The molecular formula is C23H17NO3. The van der Waals surface area contributed by atoms with Gasteiger partial charge in [-0.3, -0.25) is 0 Å². The summed E-state index contributed by atoms with van der Waals surface area (Å²) in [5, 5.41) is 20.7. The van der Waals surface area contributed by atoms with E-state index < -0.39 is 5.97 Å². The van der Waals surface area contributed by atoms with Crippen LogP contribution in [-0.4, -0.2) is 21.2 Å². The first-order valence-electron chi connectivity index (χ1n) is 8.57. The Bertz CT molecular complexity index is 1150. The number of hydrogen-bond acceptors (Lipinski definition) is 3. The van der Waals surface area contributed by atoms with Crippen molar-refractivity contribution in [2.75, 3.05) is 0 Å². The molecule has 0 fully saturated rings. The van der Waals surface area contributed by atoms with Gasteiger partial charge in [0.05, 0.1) is 5.52 Å². The number of pyridine rings is 1. The molecule has 2 N–H and O–H groups in total. The van der Waals surface area contributed by atoms with Crippen LogP contribution in [0.25, 0.3) is 33.3 Å². The van der Waals surface area contributed by atoms with E-state index in [1.807, 2.05) is 67.6 Å². The largest absolute Gasteiger partial charge is 0.505 e. The topological polar surface area (TPSA) is 70.4 Å². The number of carbonyl (C=O) groups is 1. The molecule has 0 aliphatic carbocycles. The van der Waals surface area contributed by atoms with E-state index in [9.17, 15) is 15.0 Å². The number of hydrogen-bond donors (Lipinski definition) is 2. The van der Waals surface area contributed by atoms with Gasteiger partial charge < -0.3 is 10.2 Å². The Morgan fingerprint density at radius 2 is 1.44 bits per heavy atom. The fraction of sp³-hybridized carbons (Fsp3) is 0.0435. The second kappa shape index (κ2) is 6.57. The molecule has 0 spiro atoms. The summed E-state index contributed by atoms with van der Waals surface area (Å²) in [6.45, 7) is 1.88. The van der Waals surface area contributed by atoms with E-state index in [1.165, 1.54) is 0 Å². The highest BCUT2D eigenvalue weighted by molar-refractivity contribution is 6.07. The first kappa shape index (κ1) is 16.8. The summed E-state index contributed by atoms with van der Waals surface area (Å²) in [6, 6.07) is 22.8. The molecule has 1 heterocycles. The molecule has 0 saturated heterocycles. The lowest BCUT2D eigenvalue weighted by molar-refractivity contribution is 0.0696. The van der Waals surface area contributed by atoms with Gasteiger partial charge in [0.15, 0.2) is 5.75 Å². The highest BCUT2D eigenvalue weighted by Gasteiger charge is 2.21. The van der Waals surface area contributed by atoms with Crippen LogP contribution in [0.1, 0.15) is 15.9 Å². The smallest absolute Gasteiger partial charge is 0.340 e. The van der Waals surface area contributed by atoms with Crippen molar-refractivity contribution in [3.63, 3.8) is 0 Å². The third-order valence-corrected chi connectivity index (χ3v) is 4.67. The molecule has 0 atom stereocenters. The van der Waals surface area contributed by atoms with Crippen molar-refractivity contribution in [2.45, 2.75) is 6.92 Å². The third-order valence-electron chi connectivity index (χ3n) is 4.67. The number of carboxylic acid groups (broad SMARTS) is 1. The van der Waals surface area contributed by atoms with Crippen LogP contribution in [0.4, 0.5) is 0 Å². The SMILES string of the molecule is Cc1cccc2c(C(=O)O)c(O)c(-c3ccc(-c4ccccc4)cc3)nc12. The number of aromatic nitrogens is 1. The van der Waals surface area contributed by atoms with E-state index in [1.54, 1.807) is 12.1 Å². The minimum atomic E-state index is -1.17. The van der Waals surface area contributed by atoms with Gasteiger partial charge in [0, 0.05) is 10.9 Å². The second-order valence-corrected chi connectivity index (χ2v) is 6.40. The van der Waals surface area contributed by atoms with Crippen LogP contribution in [0.5, 0.6) is 5.75 Å². The molecular weight excluding hydrogens is 338 g/mol. The first-order valence-corrected chi connectivity index (χ1v) is 8.57. The van der Waals surface area contributed by atoms with Crippen LogP contribution in [0, 0.1) is 6.92 Å². The average molecular weight is 355 g/mol. The maximum atomic E-state index is 11.8. The lowest BCUT2D eigenvalue weighted by atomic mass is 9.98. The van der Waals surface area contributed by atoms with E-state index in [-0.39, 0.29) is 17.0 Å². The fourth-order valence-corrected chi connectivity index (χ4v) is 3.29. The van der Waals surface area contributed by atoms with Crippen molar-refractivity contribution >= 4 is 16.9 Å². The van der Waals surface area contributed by atoms with Crippen molar-refractivity contribution < 1.29 is 15.0 Å². The zero-order valence-corrected chi connectivity index (χ0v) is 14.7. The summed E-state index contributed by atoms with van der Waals surface area (Å²) in [4.78, 5) is 16.4. The minimum Gasteiger partial charge on any atom is -0.505 e. The number of nitrogens with zero attached hydrogens (tertiary/aromatic N) is 1. The van der Waals surface area contributed by atoms with Crippen molar-refractivity contribution in [2.24, 2.45) is 0 Å². The van der Waals surface area contributed by atoms with Gasteiger partial charge >= 0.3 is 5.97 Å². The molecule has 132 valence electrons. The van der Waals surface area contributed by atoms with Crippen LogP contribution in [-0.2, 0) is 0 Å². The molecule has 0 bridgehead atoms. The molecule has 0 aliphatic rings. The number of fused-ring (bicyclic) bond motifs is 1. The number of rotatable bonds is 3. The van der Waals surface area contributed by atoms with Gasteiger partial charge in [0.1, 0.15) is 11.3 Å². The number of aromatic carboxylic acids is 1. The molecule has 4 heteroatoms. The highest BCUT2D eigenvalue weighted by atomic mass is 16.4. The van der Waals surface area contributed by atoms with Gasteiger partial charge in [-0.25, -0.2) is 9.78 Å². The lowest BCUT2D eigenvalue weighted by Crippen LogP contribution is -2.02. The van der Waals surface area contributed by atoms with E-state index >= 15 is 0 Å². The molecule has 4 nitrogen and oxygen atoms in total. The van der Waals surface area contributed by atoms with Crippen molar-refractivity contribution in [1.29, 1.82) is 0 Å². The summed E-state index contributed by atoms with van der Waals surface area (Å²) in [7, 11) is 0. The van der Waals surface area contributed by atoms with Crippen LogP contribution in [0.15, 0.2) is 72.8 Å². The zero-order chi connectivity index (χ0) is 19.0. The summed E-state index contributed by atoms with van der Waals surface area (Å²) in [5.41, 5.74) is 4.38. The van der Waals surface area contributed by atoms with E-state index in [4.69, 9.17) is 0 Å². The normalized spacial score (nSPS) is 10.9. The number of carboxylic acids is 1. The monoisotopic (exact) mass is 355 g/mol. The first-order chi connectivity index (χ1) is 13.1. The van der Waals surface area contributed by atoms with Gasteiger partial charge in [-0.05, 0) is 23.6 Å². The Morgan fingerprint density at radius 3 is 2.11 bits per heavy atom. The Balaban J connectivity index is 1.90. The van der Waals surface area contributed by atoms with Crippen LogP contribution in [0.3, 0.4) is 0 Å². The molecule has 0 saturated carbocycles. The van der Waals surface area contributed by atoms with Crippen molar-refractivity contribution in [3.05, 3.63) is 83.9 Å². The third kappa shape index (κ3) is 2.91. The van der Waals surface area contributed by atoms with Crippen molar-refractivity contribution in [1.82, 2.24) is 4.98 Å². The molecule has 0 radical (unpaired) electrons. The Labute approximate surface area is 156 Å². The highest BCUT2D eigenvalue weighted by Crippen LogP contribution is 2.36. The Morgan fingerprint density at radius 1 is 0.815 bits per heavy atom. The van der Waals surface area contributed by atoms with Crippen LogP contribution < -0.4 is 0 Å². The number of aromatic hydroxyl groups is 1. The summed E-state index contributed by atoms with van der Waals surface area (Å²) >= 11 is 0. The predicted octanol–water partition coefficient (Wildman–Crippen LogP) is 5.28. The molecule has 27 heavy (non-hydrogen) atoms. The number of para-hydroxylation sites is 1. The van der Waals surface area contributed by atoms with E-state index in [0.29, 0.717) is 16.5 Å².